The maximum Gasteiger partial charge on any atom is 0.241 e. The number of nitrogens with one attached hydrogen (secondary N) is 1. The van der Waals surface area contributed by atoms with Crippen LogP contribution in [-0.2, 0) is 4.79 Å². The van der Waals surface area contributed by atoms with Crippen LogP contribution in [0, 0.1) is 0 Å². The Morgan fingerprint density at radius 1 is 1.55 bits per heavy atom. The van der Waals surface area contributed by atoms with E-state index in [2.05, 4.69) is 10.2 Å². The van der Waals surface area contributed by atoms with Gasteiger partial charge in [-0.05, 0) is 24.6 Å². The van der Waals surface area contributed by atoms with E-state index in [9.17, 15) is 4.79 Å². The number of hydrogen-bond acceptors (Lipinski definition) is 4. The van der Waals surface area contributed by atoms with Crippen molar-refractivity contribution in [3.05, 3.63) is 18.2 Å². The van der Waals surface area contributed by atoms with E-state index in [1.807, 2.05) is 32.2 Å². The smallest absolute Gasteiger partial charge is 0.241 e. The topological polar surface area (TPSA) is 67.6 Å². The van der Waals surface area contributed by atoms with E-state index in [0.717, 1.165) is 30.1 Å². The number of fused-ring (bicyclic) bond motifs is 1. The van der Waals surface area contributed by atoms with Gasteiger partial charge in [-0.1, -0.05) is 13.3 Å². The van der Waals surface area contributed by atoms with Crippen molar-refractivity contribution in [3.8, 4) is 5.75 Å². The van der Waals surface area contributed by atoms with E-state index in [1.165, 1.54) is 0 Å². The normalized spacial score (nSPS) is 14.7. The Balaban J connectivity index is 0.00000200. The van der Waals surface area contributed by atoms with Gasteiger partial charge in [0, 0.05) is 12.7 Å². The third kappa shape index (κ3) is 3.77. The molecule has 6 heteroatoms. The molecule has 0 saturated carbocycles. The molecule has 5 nitrogen and oxygen atoms in total. The number of anilines is 2. The molecule has 1 atom stereocenters. The molecule has 1 unspecified atom stereocenters. The van der Waals surface area contributed by atoms with Gasteiger partial charge in [-0.3, -0.25) is 4.79 Å². The zero-order chi connectivity index (χ0) is 13.8. The number of benzene rings is 1. The van der Waals surface area contributed by atoms with Gasteiger partial charge in [0.2, 0.25) is 5.91 Å². The van der Waals surface area contributed by atoms with E-state index in [0.29, 0.717) is 13.0 Å². The molecule has 1 heterocycles. The third-order valence-electron chi connectivity index (χ3n) is 3.26. The fourth-order valence-corrected chi connectivity index (χ4v) is 2.11. The van der Waals surface area contributed by atoms with Gasteiger partial charge in [0.1, 0.15) is 12.4 Å². The van der Waals surface area contributed by atoms with Crippen LogP contribution in [0.3, 0.4) is 0 Å². The molecular formula is C14H22ClN3O2. The number of likely N-dealkylation sites (N-methyl/N-ethyl adjacent to an activating group) is 1. The van der Waals surface area contributed by atoms with Crippen LogP contribution in [0.15, 0.2) is 18.2 Å². The van der Waals surface area contributed by atoms with Crippen molar-refractivity contribution in [2.75, 3.05) is 30.4 Å². The minimum absolute atomic E-state index is 0. The van der Waals surface area contributed by atoms with Crippen LogP contribution in [0.2, 0.25) is 0 Å². The Kier molecular flexibility index (Phi) is 6.10. The molecule has 1 aliphatic rings. The first kappa shape index (κ1) is 16.6. The molecule has 1 aliphatic heterocycles. The lowest BCUT2D eigenvalue weighted by atomic mass is 10.1. The van der Waals surface area contributed by atoms with Crippen molar-refractivity contribution >= 4 is 29.7 Å². The fourth-order valence-electron chi connectivity index (χ4n) is 2.11. The van der Waals surface area contributed by atoms with Crippen LogP contribution in [0.1, 0.15) is 19.8 Å². The fraction of sp³-hybridized carbons (Fsp3) is 0.500. The number of nitrogens with zero attached hydrogens (tertiary/aromatic N) is 1. The van der Waals surface area contributed by atoms with Crippen molar-refractivity contribution < 1.29 is 9.53 Å². The molecule has 0 fully saturated rings. The summed E-state index contributed by atoms with van der Waals surface area (Å²) in [6, 6.07) is 5.20. The summed E-state index contributed by atoms with van der Waals surface area (Å²) in [5.41, 5.74) is 7.54. The summed E-state index contributed by atoms with van der Waals surface area (Å²) in [6.07, 6.45) is 1.59. The zero-order valence-corrected chi connectivity index (χ0v) is 12.7. The van der Waals surface area contributed by atoms with E-state index in [1.54, 1.807) is 0 Å². The highest BCUT2D eigenvalue weighted by atomic mass is 35.5. The molecule has 3 N–H and O–H groups in total. The van der Waals surface area contributed by atoms with Crippen molar-refractivity contribution in [1.82, 2.24) is 0 Å². The second kappa shape index (κ2) is 7.36. The molecule has 1 aromatic rings. The molecule has 0 saturated heterocycles. The summed E-state index contributed by atoms with van der Waals surface area (Å²) in [5, 5.41) is 2.85. The van der Waals surface area contributed by atoms with E-state index in [-0.39, 0.29) is 18.3 Å². The van der Waals surface area contributed by atoms with Gasteiger partial charge in [0.05, 0.1) is 18.3 Å². The van der Waals surface area contributed by atoms with Gasteiger partial charge in [-0.2, -0.15) is 0 Å². The lowest BCUT2D eigenvalue weighted by Gasteiger charge is -2.28. The third-order valence-corrected chi connectivity index (χ3v) is 3.26. The molecule has 2 rings (SSSR count). The molecular weight excluding hydrogens is 278 g/mol. The van der Waals surface area contributed by atoms with Crippen molar-refractivity contribution in [2.24, 2.45) is 5.73 Å². The minimum atomic E-state index is -0.449. The Labute approximate surface area is 125 Å². The first-order valence-electron chi connectivity index (χ1n) is 6.66. The maximum atomic E-state index is 11.9. The number of nitrogens with two attached hydrogens (primary N) is 1. The number of ether oxygens (including phenoxy) is 1. The Morgan fingerprint density at radius 2 is 2.30 bits per heavy atom. The Hall–Kier alpha value is -1.46. The minimum Gasteiger partial charge on any atom is -0.490 e. The van der Waals surface area contributed by atoms with Crippen LogP contribution < -0.4 is 20.7 Å². The summed E-state index contributed by atoms with van der Waals surface area (Å²) in [5.74, 6) is 0.714. The maximum absolute atomic E-state index is 11.9. The largest absolute Gasteiger partial charge is 0.490 e. The van der Waals surface area contributed by atoms with Crippen molar-refractivity contribution in [1.29, 1.82) is 0 Å². The SMILES string of the molecule is CCCC(N)C(=O)Nc1ccc2c(c1)N(C)CCO2.Cl. The number of hydrogen-bond donors (Lipinski definition) is 2. The second-order valence-electron chi connectivity index (χ2n) is 4.84. The van der Waals surface area contributed by atoms with Crippen LogP contribution >= 0.6 is 12.4 Å². The van der Waals surface area contributed by atoms with Crippen LogP contribution in [0.25, 0.3) is 0 Å². The van der Waals surface area contributed by atoms with Gasteiger partial charge >= 0.3 is 0 Å². The van der Waals surface area contributed by atoms with Crippen molar-refractivity contribution in [3.63, 3.8) is 0 Å². The van der Waals surface area contributed by atoms with Crippen molar-refractivity contribution in [2.45, 2.75) is 25.8 Å². The predicted octanol–water partition coefficient (Wildman–Crippen LogP) is 2.00. The Morgan fingerprint density at radius 3 is 3.00 bits per heavy atom. The van der Waals surface area contributed by atoms with E-state index >= 15 is 0 Å². The van der Waals surface area contributed by atoms with Gasteiger partial charge in [0.25, 0.3) is 0 Å². The number of carbonyl (C=O) groups excluding carboxylic acids is 1. The summed E-state index contributed by atoms with van der Waals surface area (Å²) >= 11 is 0. The molecule has 1 amide bonds. The summed E-state index contributed by atoms with van der Waals surface area (Å²) in [6.45, 7) is 3.55. The lowest BCUT2D eigenvalue weighted by molar-refractivity contribution is -0.117. The highest BCUT2D eigenvalue weighted by Gasteiger charge is 2.17. The monoisotopic (exact) mass is 299 g/mol. The first-order valence-corrected chi connectivity index (χ1v) is 6.66. The highest BCUT2D eigenvalue weighted by molar-refractivity contribution is 5.95. The molecule has 0 bridgehead atoms. The molecule has 0 aromatic heterocycles. The van der Waals surface area contributed by atoms with Gasteiger partial charge in [-0.25, -0.2) is 0 Å². The second-order valence-corrected chi connectivity index (χ2v) is 4.84. The molecule has 20 heavy (non-hydrogen) atoms. The number of halogens is 1. The predicted molar refractivity (Wildman–Crippen MR) is 84.0 cm³/mol. The summed E-state index contributed by atoms with van der Waals surface area (Å²) in [4.78, 5) is 14.0. The zero-order valence-electron chi connectivity index (χ0n) is 11.9. The van der Waals surface area contributed by atoms with Gasteiger partial charge in [-0.15, -0.1) is 12.4 Å². The quantitative estimate of drug-likeness (QED) is 0.892. The van der Waals surface area contributed by atoms with Gasteiger partial charge in [0.15, 0.2) is 0 Å². The Bertz CT molecular complexity index is 468. The number of rotatable bonds is 4. The summed E-state index contributed by atoms with van der Waals surface area (Å²) in [7, 11) is 2.01. The number of amides is 1. The summed E-state index contributed by atoms with van der Waals surface area (Å²) < 4.78 is 5.56. The molecule has 112 valence electrons. The average molecular weight is 300 g/mol. The molecule has 0 aliphatic carbocycles. The number of carbonyl (C=O) groups is 1. The van der Waals surface area contributed by atoms with Crippen LogP contribution in [0.5, 0.6) is 5.75 Å². The highest BCUT2D eigenvalue weighted by Crippen LogP contribution is 2.33. The van der Waals surface area contributed by atoms with E-state index in [4.69, 9.17) is 10.5 Å². The van der Waals surface area contributed by atoms with Crippen LogP contribution in [0.4, 0.5) is 11.4 Å². The van der Waals surface area contributed by atoms with Crippen LogP contribution in [-0.4, -0.2) is 32.1 Å². The standard InChI is InChI=1S/C14H21N3O2.ClH/c1-3-4-11(15)14(18)16-10-5-6-13-12(9-10)17(2)7-8-19-13;/h5-6,9,11H,3-4,7-8,15H2,1-2H3,(H,16,18);1H. The molecule has 0 spiro atoms. The van der Waals surface area contributed by atoms with E-state index < -0.39 is 6.04 Å². The lowest BCUT2D eigenvalue weighted by Crippen LogP contribution is -2.35. The van der Waals surface area contributed by atoms with Gasteiger partial charge < -0.3 is 20.7 Å². The molecule has 1 aromatic carbocycles. The molecule has 0 radical (unpaired) electrons. The first-order chi connectivity index (χ1) is 9.11. The average Bonchev–Trinajstić information content (AvgIpc) is 2.40.